The van der Waals surface area contributed by atoms with Crippen LogP contribution in [0.2, 0.25) is 5.02 Å². The summed E-state index contributed by atoms with van der Waals surface area (Å²) in [7, 11) is 1.49. The summed E-state index contributed by atoms with van der Waals surface area (Å²) < 4.78 is 0. The number of imide groups is 1. The zero-order chi connectivity index (χ0) is 28.1. The van der Waals surface area contributed by atoms with E-state index in [0.717, 1.165) is 21.4 Å². The number of halogens is 1. The van der Waals surface area contributed by atoms with E-state index in [1.54, 1.807) is 40.3 Å². The second-order valence-corrected chi connectivity index (χ2v) is 11.1. The summed E-state index contributed by atoms with van der Waals surface area (Å²) in [4.78, 5) is 57.7. The average Bonchev–Trinajstić information content (AvgIpc) is 3.44. The number of amides is 5. The number of H-pyrrole nitrogens is 1. The molecule has 0 aliphatic carbocycles. The third-order valence-electron chi connectivity index (χ3n) is 7.72. The molecule has 2 N–H and O–H groups in total. The number of fused-ring (bicyclic) bond motifs is 1. The minimum absolute atomic E-state index is 0.170. The molecule has 0 bridgehead atoms. The van der Waals surface area contributed by atoms with Gasteiger partial charge < -0.3 is 10.2 Å². The highest BCUT2D eigenvalue weighted by molar-refractivity contribution is 6.31. The fourth-order valence-electron chi connectivity index (χ4n) is 5.59. The number of hydrogen-bond donors (Lipinski definition) is 2. The summed E-state index contributed by atoms with van der Waals surface area (Å²) in [5, 5.41) is 11.1. The number of carbonyl (C=O) groups is 4. The monoisotopic (exact) mass is 550 g/mol. The van der Waals surface area contributed by atoms with Crippen molar-refractivity contribution in [1.29, 1.82) is 0 Å². The Morgan fingerprint density at radius 1 is 1.10 bits per heavy atom. The molecule has 0 saturated carbocycles. The SMILES string of the molecule is Cc1cc(Cl)cc(C(=O)N[C@@H](C(=O)N2CCC3(CC2)C(=O)N(C)C(=O)N3c2ccc3[nH]ncc3c2)C(C)C)c1. The summed E-state index contributed by atoms with van der Waals surface area (Å²) >= 11 is 6.13. The third kappa shape index (κ3) is 4.63. The molecule has 1 spiro atoms. The first-order chi connectivity index (χ1) is 18.5. The highest BCUT2D eigenvalue weighted by Crippen LogP contribution is 2.41. The van der Waals surface area contributed by atoms with Crippen molar-refractivity contribution in [3.63, 3.8) is 0 Å². The number of likely N-dealkylation sites (N-methyl/N-ethyl adjacent to an activating group) is 1. The molecule has 39 heavy (non-hydrogen) atoms. The zero-order valence-electron chi connectivity index (χ0n) is 22.3. The highest BCUT2D eigenvalue weighted by Gasteiger charge is 2.58. The molecule has 1 atom stereocenters. The lowest BCUT2D eigenvalue weighted by molar-refractivity contribution is -0.139. The molecule has 2 saturated heterocycles. The molecule has 1 aromatic heterocycles. The maximum atomic E-state index is 13.6. The molecular weight excluding hydrogens is 520 g/mol. The summed E-state index contributed by atoms with van der Waals surface area (Å²) in [6, 6.07) is 9.37. The van der Waals surface area contributed by atoms with Crippen molar-refractivity contribution in [3.8, 4) is 0 Å². The van der Waals surface area contributed by atoms with Crippen molar-refractivity contribution < 1.29 is 19.2 Å². The second kappa shape index (κ2) is 10.00. The number of anilines is 1. The number of likely N-dealkylation sites (tertiary alicyclic amines) is 1. The maximum absolute atomic E-state index is 13.6. The van der Waals surface area contributed by atoms with Gasteiger partial charge in [-0.25, -0.2) is 4.79 Å². The van der Waals surface area contributed by atoms with E-state index >= 15 is 0 Å². The first-order valence-electron chi connectivity index (χ1n) is 12.9. The standard InChI is InChI=1S/C28H31ClN6O4/c1-16(2)23(31-24(36)18-11-17(3)12-20(29)13-18)25(37)34-9-7-28(8-10-34)26(38)33(4)27(39)35(28)21-5-6-22-19(14-21)15-30-32-22/h5-6,11-16,23H,7-10H2,1-4H3,(H,30,32)(H,31,36)/t23-/m1/s1. The Kier molecular flexibility index (Phi) is 6.84. The molecule has 5 rings (SSSR count). The van der Waals surface area contributed by atoms with Gasteiger partial charge in [-0.05, 0) is 67.6 Å². The molecule has 11 heteroatoms. The number of piperidine rings is 1. The molecule has 3 aromatic rings. The minimum atomic E-state index is -1.09. The van der Waals surface area contributed by atoms with Crippen molar-refractivity contribution in [3.05, 3.63) is 58.7 Å². The van der Waals surface area contributed by atoms with E-state index in [9.17, 15) is 19.2 Å². The number of rotatable bonds is 5. The Labute approximate surface area is 231 Å². The van der Waals surface area contributed by atoms with E-state index in [1.165, 1.54) is 7.05 Å². The Balaban J connectivity index is 1.35. The largest absolute Gasteiger partial charge is 0.341 e. The van der Waals surface area contributed by atoms with Crippen LogP contribution in [-0.4, -0.2) is 75.5 Å². The molecule has 10 nitrogen and oxygen atoms in total. The molecule has 2 aliphatic rings. The van der Waals surface area contributed by atoms with Gasteiger partial charge in [0, 0.05) is 41.8 Å². The fourth-order valence-corrected chi connectivity index (χ4v) is 5.88. The van der Waals surface area contributed by atoms with Crippen LogP contribution in [0.3, 0.4) is 0 Å². The smallest absolute Gasteiger partial charge is 0.331 e. The molecule has 0 radical (unpaired) electrons. The molecule has 2 aliphatic heterocycles. The number of benzene rings is 2. The van der Waals surface area contributed by atoms with Gasteiger partial charge in [0.2, 0.25) is 5.91 Å². The number of aromatic amines is 1. The number of aromatic nitrogens is 2. The van der Waals surface area contributed by atoms with E-state index in [4.69, 9.17) is 11.6 Å². The molecule has 2 aromatic carbocycles. The lowest BCUT2D eigenvalue weighted by Gasteiger charge is -2.43. The van der Waals surface area contributed by atoms with Gasteiger partial charge >= 0.3 is 6.03 Å². The van der Waals surface area contributed by atoms with Gasteiger partial charge in [-0.2, -0.15) is 5.10 Å². The van der Waals surface area contributed by atoms with Gasteiger partial charge in [0.25, 0.3) is 11.8 Å². The van der Waals surface area contributed by atoms with Crippen LogP contribution in [0.5, 0.6) is 0 Å². The van der Waals surface area contributed by atoms with E-state index in [2.05, 4.69) is 15.5 Å². The van der Waals surface area contributed by atoms with Crippen LogP contribution >= 0.6 is 11.6 Å². The van der Waals surface area contributed by atoms with Crippen molar-refractivity contribution in [2.75, 3.05) is 25.0 Å². The third-order valence-corrected chi connectivity index (χ3v) is 7.94. The average molecular weight is 551 g/mol. The van der Waals surface area contributed by atoms with Gasteiger partial charge in [0.05, 0.1) is 11.7 Å². The molecule has 5 amide bonds. The van der Waals surface area contributed by atoms with Crippen molar-refractivity contribution >= 4 is 51.9 Å². The Bertz CT molecular complexity index is 1460. The zero-order valence-corrected chi connectivity index (χ0v) is 23.1. The first-order valence-corrected chi connectivity index (χ1v) is 13.3. The van der Waals surface area contributed by atoms with Crippen molar-refractivity contribution in [2.45, 2.75) is 45.2 Å². The van der Waals surface area contributed by atoms with E-state index in [-0.39, 0.29) is 49.6 Å². The number of urea groups is 1. The highest BCUT2D eigenvalue weighted by atomic mass is 35.5. The van der Waals surface area contributed by atoms with Gasteiger partial charge in [-0.15, -0.1) is 0 Å². The quantitative estimate of drug-likeness (QED) is 0.469. The lowest BCUT2D eigenvalue weighted by Crippen LogP contribution is -2.60. The van der Waals surface area contributed by atoms with Crippen LogP contribution in [0.1, 0.15) is 42.6 Å². The van der Waals surface area contributed by atoms with Crippen LogP contribution in [-0.2, 0) is 9.59 Å². The van der Waals surface area contributed by atoms with Crippen LogP contribution in [0, 0.1) is 12.8 Å². The summed E-state index contributed by atoms with van der Waals surface area (Å²) in [5.41, 5.74) is 1.58. The van der Waals surface area contributed by atoms with E-state index < -0.39 is 17.6 Å². The first kappa shape index (κ1) is 26.7. The molecule has 3 heterocycles. The van der Waals surface area contributed by atoms with Crippen LogP contribution < -0.4 is 10.2 Å². The van der Waals surface area contributed by atoms with Gasteiger partial charge in [0.15, 0.2) is 0 Å². The number of nitrogens with one attached hydrogen (secondary N) is 2. The second-order valence-electron chi connectivity index (χ2n) is 10.7. The number of hydrogen-bond acceptors (Lipinski definition) is 5. The van der Waals surface area contributed by atoms with Crippen LogP contribution in [0.4, 0.5) is 10.5 Å². The summed E-state index contributed by atoms with van der Waals surface area (Å²) in [5.74, 6) is -1.04. The van der Waals surface area contributed by atoms with Gasteiger partial charge in [0.1, 0.15) is 11.6 Å². The minimum Gasteiger partial charge on any atom is -0.341 e. The Morgan fingerprint density at radius 2 is 1.82 bits per heavy atom. The molecule has 2 fully saturated rings. The molecule has 0 unspecified atom stereocenters. The van der Waals surface area contributed by atoms with E-state index in [1.807, 2.05) is 32.9 Å². The lowest BCUT2D eigenvalue weighted by atomic mass is 9.85. The van der Waals surface area contributed by atoms with Gasteiger partial charge in [-0.3, -0.25) is 29.3 Å². The predicted molar refractivity (Wildman–Crippen MR) is 148 cm³/mol. The summed E-state index contributed by atoms with van der Waals surface area (Å²) in [6.45, 7) is 6.14. The maximum Gasteiger partial charge on any atom is 0.331 e. The van der Waals surface area contributed by atoms with Crippen molar-refractivity contribution in [2.24, 2.45) is 5.92 Å². The Hall–Kier alpha value is -3.92. The molecular formula is C28H31ClN6O4. The van der Waals surface area contributed by atoms with Crippen molar-refractivity contribution in [1.82, 2.24) is 25.3 Å². The number of carbonyl (C=O) groups excluding carboxylic acids is 4. The number of aryl methyl sites for hydroxylation is 1. The predicted octanol–water partition coefficient (Wildman–Crippen LogP) is 3.74. The Morgan fingerprint density at radius 3 is 2.49 bits per heavy atom. The normalized spacial score (nSPS) is 17.9. The van der Waals surface area contributed by atoms with Crippen LogP contribution in [0.15, 0.2) is 42.6 Å². The van der Waals surface area contributed by atoms with Gasteiger partial charge in [-0.1, -0.05) is 25.4 Å². The fraction of sp³-hybridized carbons (Fsp3) is 0.393. The summed E-state index contributed by atoms with van der Waals surface area (Å²) in [6.07, 6.45) is 2.23. The van der Waals surface area contributed by atoms with Crippen LogP contribution in [0.25, 0.3) is 10.9 Å². The topological polar surface area (TPSA) is 119 Å². The molecule has 204 valence electrons. The van der Waals surface area contributed by atoms with E-state index in [0.29, 0.717) is 16.3 Å². The number of nitrogens with zero attached hydrogens (tertiary/aromatic N) is 4.